The van der Waals surface area contributed by atoms with Crippen molar-refractivity contribution in [3.8, 4) is 0 Å². The molecule has 0 amide bonds. The first-order chi connectivity index (χ1) is 14.5. The molecule has 0 radical (unpaired) electrons. The van der Waals surface area contributed by atoms with Gasteiger partial charge in [-0.25, -0.2) is 11.0 Å². The lowest BCUT2D eigenvalue weighted by Crippen LogP contribution is -2.50. The monoisotopic (exact) mass is 442 g/mol. The van der Waals surface area contributed by atoms with Crippen LogP contribution in [0.25, 0.3) is 0 Å². The summed E-state index contributed by atoms with van der Waals surface area (Å²) in [6.07, 6.45) is 6.00. The molecule has 0 spiro atoms. The molecule has 4 N–H and O–H groups in total. The van der Waals surface area contributed by atoms with Gasteiger partial charge in [0.25, 0.3) is 0 Å². The molecular weight excluding hydrogens is 405 g/mol. The number of hydrogen-bond acceptors (Lipinski definition) is 4. The fraction of sp³-hybridized carbons (Fsp3) is 0.913. The van der Waals surface area contributed by atoms with E-state index in [1.54, 1.807) is 0 Å². The lowest BCUT2D eigenvalue weighted by atomic mass is 9.49. The molecule has 0 aromatic carbocycles. The molecule has 4 aliphatic carbocycles. The molecule has 0 heterocycles. The summed E-state index contributed by atoms with van der Waals surface area (Å²) in [6.45, 7) is 4.30. The molecule has 4 fully saturated rings. The number of hydrazone groups is 1. The second kappa shape index (κ2) is 8.23. The highest BCUT2D eigenvalue weighted by Crippen LogP contribution is 2.64. The maximum absolute atomic E-state index is 13.1. The lowest BCUT2D eigenvalue weighted by molar-refractivity contribution is -0.131. The molecule has 8 unspecified atom stereocenters. The maximum atomic E-state index is 13.1. The van der Waals surface area contributed by atoms with Crippen molar-refractivity contribution in [2.24, 2.45) is 63.5 Å². The number of amidine groups is 1. The molecule has 8 atom stereocenters. The predicted molar refractivity (Wildman–Crippen MR) is 113 cm³/mol. The van der Waals surface area contributed by atoms with Crippen LogP contribution in [0.4, 0.5) is 13.2 Å². The van der Waals surface area contributed by atoms with Crippen molar-refractivity contribution in [3.63, 3.8) is 0 Å². The van der Waals surface area contributed by atoms with Crippen molar-refractivity contribution >= 4 is 11.6 Å². The predicted octanol–water partition coefficient (Wildman–Crippen LogP) is 4.47. The number of fused-ring (bicyclic) bond motifs is 5. The molecule has 0 aromatic heterocycles. The number of hydrogen-bond donors (Lipinski definition) is 2. The van der Waals surface area contributed by atoms with Gasteiger partial charge in [-0.05, 0) is 92.3 Å². The van der Waals surface area contributed by atoms with Gasteiger partial charge >= 0.3 is 6.18 Å². The van der Waals surface area contributed by atoms with E-state index in [1.165, 1.54) is 38.5 Å². The summed E-state index contributed by atoms with van der Waals surface area (Å²) in [5, 5.41) is 3.72. The number of Topliss-reactive ketones (excluding diaryl/α,β-unsaturated/α-hetero) is 1. The van der Waals surface area contributed by atoms with Crippen molar-refractivity contribution in [1.82, 2.24) is 5.12 Å². The minimum atomic E-state index is -4.75. The van der Waals surface area contributed by atoms with Crippen molar-refractivity contribution in [2.45, 2.75) is 77.8 Å². The van der Waals surface area contributed by atoms with Crippen LogP contribution < -0.4 is 11.6 Å². The van der Waals surface area contributed by atoms with Gasteiger partial charge in [0.05, 0.1) is 0 Å². The Morgan fingerprint density at radius 1 is 1.06 bits per heavy atom. The van der Waals surface area contributed by atoms with Gasteiger partial charge in [-0.15, -0.1) is 5.10 Å². The molecule has 0 saturated heterocycles. The molecule has 31 heavy (non-hydrogen) atoms. The van der Waals surface area contributed by atoms with Crippen LogP contribution >= 0.6 is 0 Å². The zero-order chi connectivity index (χ0) is 22.6. The molecule has 0 aromatic rings. The fourth-order valence-electron chi connectivity index (χ4n) is 8.12. The second-order valence-corrected chi connectivity index (χ2v) is 11.1. The first kappa shape index (κ1) is 22.9. The number of nitrogens with zero attached hydrogens (tertiary/aromatic N) is 2. The van der Waals surface area contributed by atoms with Crippen LogP contribution in [0.2, 0.25) is 0 Å². The molecule has 0 bridgehead atoms. The molecular formula is C23H37F3N4O. The minimum absolute atomic E-state index is 0.0762. The molecule has 5 nitrogen and oxygen atoms in total. The summed E-state index contributed by atoms with van der Waals surface area (Å²) in [5.74, 6) is 8.41. The van der Waals surface area contributed by atoms with Gasteiger partial charge in [0.1, 0.15) is 6.54 Å². The van der Waals surface area contributed by atoms with Crippen LogP contribution in [-0.2, 0) is 4.79 Å². The van der Waals surface area contributed by atoms with E-state index in [9.17, 15) is 18.0 Å². The van der Waals surface area contributed by atoms with Gasteiger partial charge in [0.2, 0.25) is 5.84 Å². The Balaban J connectivity index is 1.43. The van der Waals surface area contributed by atoms with E-state index in [2.05, 4.69) is 18.9 Å². The Morgan fingerprint density at radius 3 is 2.48 bits per heavy atom. The second-order valence-electron chi connectivity index (χ2n) is 11.1. The number of halogens is 3. The Labute approximate surface area is 183 Å². The van der Waals surface area contributed by atoms with Gasteiger partial charge in [-0.3, -0.25) is 4.79 Å². The molecule has 4 rings (SSSR count). The third-order valence-electron chi connectivity index (χ3n) is 9.45. The van der Waals surface area contributed by atoms with Crippen molar-refractivity contribution in [2.75, 3.05) is 6.54 Å². The number of rotatable bonds is 4. The van der Waals surface area contributed by atoms with Crippen LogP contribution in [0.5, 0.6) is 0 Å². The zero-order valence-corrected chi connectivity index (χ0v) is 18.7. The standard InChI is InChI=1S/C23H37F3N4O/c1-13-3-5-15-14(11-13)4-6-17-16(15)9-10-22(2)18(17)7-8-19(22)20(31)12-30(28)29-21(27)23(24,25)26/h13-19H,3-12,28H2,1-2H3,(H2,27,29). The number of nitrogens with two attached hydrogens (primary N) is 2. The minimum Gasteiger partial charge on any atom is -0.378 e. The number of alkyl halides is 3. The van der Waals surface area contributed by atoms with E-state index in [0.29, 0.717) is 17.0 Å². The summed E-state index contributed by atoms with van der Waals surface area (Å²) in [7, 11) is 0. The summed E-state index contributed by atoms with van der Waals surface area (Å²) >= 11 is 0. The summed E-state index contributed by atoms with van der Waals surface area (Å²) in [4.78, 5) is 13.1. The van der Waals surface area contributed by atoms with Crippen LogP contribution in [0.3, 0.4) is 0 Å². The zero-order valence-electron chi connectivity index (χ0n) is 18.7. The van der Waals surface area contributed by atoms with Gasteiger partial charge in [0.15, 0.2) is 5.78 Å². The highest BCUT2D eigenvalue weighted by atomic mass is 19.4. The van der Waals surface area contributed by atoms with E-state index in [4.69, 9.17) is 11.6 Å². The first-order valence-corrected chi connectivity index (χ1v) is 12.0. The summed E-state index contributed by atoms with van der Waals surface area (Å²) in [6, 6.07) is 0. The number of carbonyl (C=O) groups excluding carboxylic acids is 1. The SMILES string of the molecule is CC1CCC2C(CCC3C2CCC2(C)C(C(=O)CN(N)/N=C(\N)C(F)(F)F)CCC32)C1. The maximum Gasteiger partial charge on any atom is 0.450 e. The average molecular weight is 443 g/mol. The molecule has 176 valence electrons. The molecule has 0 aliphatic heterocycles. The number of hydrazine groups is 1. The average Bonchev–Trinajstić information content (AvgIpc) is 3.04. The quantitative estimate of drug-likeness (QED) is 0.291. The topological polar surface area (TPSA) is 84.7 Å². The van der Waals surface area contributed by atoms with Crippen LogP contribution in [0.1, 0.15) is 71.6 Å². The van der Waals surface area contributed by atoms with E-state index < -0.39 is 12.0 Å². The largest absolute Gasteiger partial charge is 0.450 e. The normalized spacial score (nSPS) is 43.0. The lowest BCUT2D eigenvalue weighted by Gasteiger charge is -2.56. The Morgan fingerprint density at radius 2 is 1.77 bits per heavy atom. The smallest absolute Gasteiger partial charge is 0.378 e. The Bertz CT molecular complexity index is 726. The highest BCUT2D eigenvalue weighted by molar-refractivity contribution is 5.86. The Kier molecular flexibility index (Phi) is 6.07. The Hall–Kier alpha value is -1.31. The molecule has 8 heteroatoms. The number of ketones is 1. The van der Waals surface area contributed by atoms with Crippen LogP contribution in [-0.4, -0.2) is 29.5 Å². The third kappa shape index (κ3) is 4.21. The molecule has 4 saturated carbocycles. The van der Waals surface area contributed by atoms with E-state index in [0.717, 1.165) is 42.9 Å². The highest BCUT2D eigenvalue weighted by Gasteiger charge is 2.58. The number of carbonyl (C=O) groups is 1. The van der Waals surface area contributed by atoms with Crippen molar-refractivity contribution < 1.29 is 18.0 Å². The summed E-state index contributed by atoms with van der Waals surface area (Å²) in [5.41, 5.74) is 4.86. The van der Waals surface area contributed by atoms with Crippen molar-refractivity contribution in [3.05, 3.63) is 0 Å². The van der Waals surface area contributed by atoms with Crippen molar-refractivity contribution in [1.29, 1.82) is 0 Å². The van der Waals surface area contributed by atoms with Gasteiger partial charge < -0.3 is 5.73 Å². The molecule has 4 aliphatic rings. The van der Waals surface area contributed by atoms with Crippen LogP contribution in [0.15, 0.2) is 5.10 Å². The van der Waals surface area contributed by atoms with Gasteiger partial charge in [0, 0.05) is 5.92 Å². The van der Waals surface area contributed by atoms with E-state index >= 15 is 0 Å². The van der Waals surface area contributed by atoms with Gasteiger partial charge in [-0.1, -0.05) is 20.3 Å². The van der Waals surface area contributed by atoms with E-state index in [1.807, 2.05) is 0 Å². The van der Waals surface area contributed by atoms with E-state index in [-0.39, 0.29) is 23.7 Å². The fourth-order valence-corrected chi connectivity index (χ4v) is 8.12. The first-order valence-electron chi connectivity index (χ1n) is 12.0. The van der Waals surface area contributed by atoms with Crippen LogP contribution in [0, 0.1) is 46.8 Å². The summed E-state index contributed by atoms with van der Waals surface area (Å²) < 4.78 is 37.8. The third-order valence-corrected chi connectivity index (χ3v) is 9.45. The van der Waals surface area contributed by atoms with Gasteiger partial charge in [-0.2, -0.15) is 13.2 Å².